The van der Waals surface area contributed by atoms with Crippen LogP contribution in [0.5, 0.6) is 0 Å². The van der Waals surface area contributed by atoms with E-state index in [0.717, 1.165) is 0 Å². The van der Waals surface area contributed by atoms with Crippen LogP contribution in [0.2, 0.25) is 0 Å². The number of methoxy groups -OCH3 is 2. The molecule has 9 heteroatoms. The van der Waals surface area contributed by atoms with Gasteiger partial charge in [0.2, 0.25) is 0 Å². The van der Waals surface area contributed by atoms with E-state index in [1.165, 1.54) is 14.2 Å². The van der Waals surface area contributed by atoms with Crippen LogP contribution in [0.15, 0.2) is 0 Å². The Bertz CT molecular complexity index is 198. The first-order valence-corrected chi connectivity index (χ1v) is 4.14. The first kappa shape index (κ1) is 20.7. The Morgan fingerprint density at radius 2 is 1.47 bits per heavy atom. The minimum absolute atomic E-state index is 0. The van der Waals surface area contributed by atoms with Crippen molar-refractivity contribution in [1.29, 1.82) is 0 Å². The molecule has 0 aromatic heterocycles. The number of nitrogens with two attached hydrogens (primary N) is 2. The van der Waals surface area contributed by atoms with Gasteiger partial charge in [0.25, 0.3) is 5.17 Å². The molecule has 0 aliphatic rings. The molecule has 0 amide bonds. The average molecular weight is 264 g/mol. The molecule has 0 atom stereocenters. The Morgan fingerprint density at radius 3 is 1.53 bits per heavy atom. The van der Waals surface area contributed by atoms with Gasteiger partial charge in [0, 0.05) is 26.3 Å². The summed E-state index contributed by atoms with van der Waals surface area (Å²) >= 11 is 8.23. The van der Waals surface area contributed by atoms with Crippen molar-refractivity contribution in [2.24, 2.45) is 11.5 Å². The second-order valence-corrected chi connectivity index (χ2v) is 2.82. The third kappa shape index (κ3) is 16.9. The second-order valence-electron chi connectivity index (χ2n) is 2.01. The Balaban J connectivity index is -0.000000249. The summed E-state index contributed by atoms with van der Waals surface area (Å²) in [5, 5.41) is 8.18. The monoisotopic (exact) mass is 264 g/mol. The summed E-state index contributed by atoms with van der Waals surface area (Å²) in [5.41, 5.74) is 9.37. The maximum Gasteiger partial charge on any atom is 1.00 e. The Kier molecular flexibility index (Phi) is 14.9. The Morgan fingerprint density at radius 1 is 1.20 bits per heavy atom. The number of hydrogen-bond donors (Lipinski definition) is 2. The van der Waals surface area contributed by atoms with Crippen LogP contribution >= 0.6 is 24.4 Å². The number of ether oxygens (including phenoxy) is 3. The van der Waals surface area contributed by atoms with Crippen LogP contribution < -0.4 is 46.1 Å². The number of rotatable bonds is 3. The van der Waals surface area contributed by atoms with Crippen LogP contribution in [-0.4, -0.2) is 30.5 Å². The van der Waals surface area contributed by atoms with Crippen molar-refractivity contribution >= 4 is 34.8 Å². The molecule has 0 aromatic rings. The van der Waals surface area contributed by atoms with Crippen molar-refractivity contribution in [2.45, 2.75) is 12.9 Å². The van der Waals surface area contributed by atoms with E-state index in [0.29, 0.717) is 0 Å². The predicted octanol–water partition coefficient (Wildman–Crippen LogP) is -4.19. The summed E-state index contributed by atoms with van der Waals surface area (Å²) in [6.07, 6.45) is 0. The molecule has 0 saturated heterocycles. The molecule has 0 radical (unpaired) electrons. The van der Waals surface area contributed by atoms with Gasteiger partial charge in [0.1, 0.15) is 0 Å². The van der Waals surface area contributed by atoms with Crippen LogP contribution in [0.4, 0.5) is 0 Å². The van der Waals surface area contributed by atoms with Crippen molar-refractivity contribution in [1.82, 2.24) is 0 Å². The number of thiocarbonyl (C=S) groups is 2. The van der Waals surface area contributed by atoms with E-state index in [2.05, 4.69) is 30.2 Å². The average Bonchev–Trinajstić information content (AvgIpc) is 2.02. The van der Waals surface area contributed by atoms with Gasteiger partial charge in [-0.3, -0.25) is 0 Å². The van der Waals surface area contributed by atoms with Crippen molar-refractivity contribution in [3.8, 4) is 0 Å². The van der Waals surface area contributed by atoms with Gasteiger partial charge < -0.3 is 30.8 Å². The zero-order chi connectivity index (χ0) is 11.8. The molecule has 0 unspecified atom stereocenters. The molecule has 0 rings (SSSR count). The minimum atomic E-state index is -1.16. The molecule has 4 N–H and O–H groups in total. The first-order valence-electron chi connectivity index (χ1n) is 3.32. The predicted molar refractivity (Wildman–Crippen MR) is 57.1 cm³/mol. The zero-order valence-electron chi connectivity index (χ0n) is 9.10. The van der Waals surface area contributed by atoms with Crippen molar-refractivity contribution in [3.05, 3.63) is 0 Å². The van der Waals surface area contributed by atoms with Crippen LogP contribution in [0.1, 0.15) is 6.92 Å². The zero-order valence-corrected chi connectivity index (χ0v) is 12.7. The van der Waals surface area contributed by atoms with Crippen LogP contribution in [0.3, 0.4) is 0 Å². The van der Waals surface area contributed by atoms with Crippen LogP contribution in [-0.2, 0) is 14.2 Å². The summed E-state index contributed by atoms with van der Waals surface area (Å²) in [5.74, 6) is -1.16. The van der Waals surface area contributed by atoms with E-state index in [1.807, 2.05) is 0 Å². The third-order valence-corrected chi connectivity index (χ3v) is 1.11. The van der Waals surface area contributed by atoms with Gasteiger partial charge in [-0.25, -0.2) is 0 Å². The summed E-state index contributed by atoms with van der Waals surface area (Å²) in [6, 6.07) is 0. The maximum absolute atomic E-state index is 9.04. The van der Waals surface area contributed by atoms with Crippen molar-refractivity contribution in [2.75, 3.05) is 14.2 Å². The molecule has 84 valence electrons. The van der Waals surface area contributed by atoms with Gasteiger partial charge in [-0.2, -0.15) is 0 Å². The van der Waals surface area contributed by atoms with E-state index < -0.39 is 11.1 Å². The molecule has 15 heavy (non-hydrogen) atoms. The SMILES string of the molecule is COC(C)(OC)OC(N)=S.NC([O-])=S.[Na+]. The Hall–Kier alpha value is 0.300. The van der Waals surface area contributed by atoms with E-state index >= 15 is 0 Å². The summed E-state index contributed by atoms with van der Waals surface area (Å²) < 4.78 is 14.4. The van der Waals surface area contributed by atoms with Crippen LogP contribution in [0, 0.1) is 0 Å². The van der Waals surface area contributed by atoms with Crippen molar-refractivity contribution < 1.29 is 48.9 Å². The summed E-state index contributed by atoms with van der Waals surface area (Å²) in [7, 11) is 2.86. The second kappa shape index (κ2) is 10.8. The smallest absolute Gasteiger partial charge is 0.852 e. The molecule has 0 heterocycles. The fraction of sp³-hybridized carbons (Fsp3) is 0.667. The van der Waals surface area contributed by atoms with E-state index in [1.54, 1.807) is 6.92 Å². The largest absolute Gasteiger partial charge is 1.00 e. The Labute approximate surface area is 122 Å². The standard InChI is InChI=1S/C5H11NO3S.CH3NOS.Na/c1-5(7-2,8-3)9-4(6)10;2-1(3)4;/h1-3H3,(H2,6,10);(H3,2,3,4);/q;;+1/p-1. The molecular formula is C6H13N2NaO4S2. The molecule has 0 saturated carbocycles. The molecule has 6 nitrogen and oxygen atoms in total. The van der Waals surface area contributed by atoms with Crippen LogP contribution in [0.25, 0.3) is 0 Å². The topological polar surface area (TPSA) is 103 Å². The third-order valence-electron chi connectivity index (χ3n) is 1.03. The van der Waals surface area contributed by atoms with Crippen molar-refractivity contribution in [3.63, 3.8) is 0 Å². The quantitative estimate of drug-likeness (QED) is 0.300. The molecule has 0 aliphatic heterocycles. The molecule has 0 aromatic carbocycles. The van der Waals surface area contributed by atoms with Gasteiger partial charge in [-0.1, -0.05) is 12.2 Å². The fourth-order valence-corrected chi connectivity index (χ4v) is 0.501. The maximum atomic E-state index is 9.04. The van der Waals surface area contributed by atoms with E-state index in [-0.39, 0.29) is 34.7 Å². The molecule has 0 spiro atoms. The summed E-state index contributed by atoms with van der Waals surface area (Å²) in [6.45, 7) is 1.56. The van der Waals surface area contributed by atoms with Gasteiger partial charge in [-0.15, -0.1) is 0 Å². The molecular weight excluding hydrogens is 251 g/mol. The first-order chi connectivity index (χ1) is 6.27. The molecule has 0 aliphatic carbocycles. The summed E-state index contributed by atoms with van der Waals surface area (Å²) in [4.78, 5) is 0. The van der Waals surface area contributed by atoms with Gasteiger partial charge in [-0.05, 0) is 12.2 Å². The van der Waals surface area contributed by atoms with Gasteiger partial charge >= 0.3 is 35.5 Å². The minimum Gasteiger partial charge on any atom is -0.852 e. The van der Waals surface area contributed by atoms with Gasteiger partial charge in [0.05, 0.1) is 0 Å². The molecule has 0 bridgehead atoms. The fourth-order valence-electron chi connectivity index (χ4n) is 0.349. The molecule has 0 fully saturated rings. The number of hydrogen-bond acceptors (Lipinski definition) is 6. The van der Waals surface area contributed by atoms with E-state index in [4.69, 9.17) is 25.1 Å². The van der Waals surface area contributed by atoms with E-state index in [9.17, 15) is 0 Å². The normalized spacial score (nSPS) is 9.00. The van der Waals surface area contributed by atoms with Gasteiger partial charge in [0.15, 0.2) is 0 Å².